The molecule has 2 aromatic carbocycles. The van der Waals surface area contributed by atoms with Crippen LogP contribution in [0, 0.1) is 0 Å². The van der Waals surface area contributed by atoms with E-state index >= 15 is 0 Å². The lowest BCUT2D eigenvalue weighted by molar-refractivity contribution is -0.139. The number of nitrogens with one attached hydrogen (secondary N) is 1. The Kier molecular flexibility index (Phi) is 6.84. The quantitative estimate of drug-likeness (QED) is 0.712. The van der Waals surface area contributed by atoms with Crippen LogP contribution in [-0.4, -0.2) is 44.4 Å². The van der Waals surface area contributed by atoms with Crippen molar-refractivity contribution in [3.05, 3.63) is 53.6 Å². The van der Waals surface area contributed by atoms with Crippen molar-refractivity contribution >= 4 is 11.9 Å². The Morgan fingerprint density at radius 2 is 1.81 bits per heavy atom. The molecule has 0 saturated heterocycles. The predicted molar refractivity (Wildman–Crippen MR) is 95.2 cm³/mol. The van der Waals surface area contributed by atoms with Crippen molar-refractivity contribution in [2.24, 2.45) is 0 Å². The van der Waals surface area contributed by atoms with Gasteiger partial charge in [0.15, 0.2) is 18.1 Å². The van der Waals surface area contributed by atoms with Gasteiger partial charge in [-0.15, -0.1) is 0 Å². The number of rotatable bonds is 9. The number of methoxy groups -OCH3 is 2. The number of benzene rings is 2. The molecule has 26 heavy (non-hydrogen) atoms. The summed E-state index contributed by atoms with van der Waals surface area (Å²) in [6, 6.07) is 12.0. The summed E-state index contributed by atoms with van der Waals surface area (Å²) in [5.74, 6) is 0.291. The molecule has 0 bridgehead atoms. The number of hydrogen-bond acceptors (Lipinski definition) is 5. The second kappa shape index (κ2) is 9.31. The summed E-state index contributed by atoms with van der Waals surface area (Å²) in [6.45, 7) is -0.0150. The number of amides is 1. The number of carbonyl (C=O) groups is 2. The SMILES string of the molecule is COc1ccc(CCNC(=O)c2cccc(OCC(=O)O)c2)cc1OC. The van der Waals surface area contributed by atoms with Gasteiger partial charge >= 0.3 is 5.97 Å². The minimum Gasteiger partial charge on any atom is -0.493 e. The highest BCUT2D eigenvalue weighted by Crippen LogP contribution is 2.27. The Morgan fingerprint density at radius 3 is 2.50 bits per heavy atom. The maximum atomic E-state index is 12.2. The highest BCUT2D eigenvalue weighted by molar-refractivity contribution is 5.94. The molecule has 7 nitrogen and oxygen atoms in total. The Balaban J connectivity index is 1.90. The number of ether oxygens (including phenoxy) is 3. The van der Waals surface area contributed by atoms with Crippen LogP contribution >= 0.6 is 0 Å². The fraction of sp³-hybridized carbons (Fsp3) is 0.263. The second-order valence-corrected chi connectivity index (χ2v) is 5.41. The normalized spacial score (nSPS) is 10.1. The molecule has 0 radical (unpaired) electrons. The van der Waals surface area contributed by atoms with Crippen molar-refractivity contribution in [2.45, 2.75) is 6.42 Å². The van der Waals surface area contributed by atoms with Gasteiger partial charge in [-0.2, -0.15) is 0 Å². The van der Waals surface area contributed by atoms with Gasteiger partial charge in [0.05, 0.1) is 14.2 Å². The Hall–Kier alpha value is -3.22. The van der Waals surface area contributed by atoms with Crippen LogP contribution in [0.15, 0.2) is 42.5 Å². The summed E-state index contributed by atoms with van der Waals surface area (Å²) < 4.78 is 15.5. The average Bonchev–Trinajstić information content (AvgIpc) is 2.66. The average molecular weight is 359 g/mol. The maximum Gasteiger partial charge on any atom is 0.341 e. The zero-order chi connectivity index (χ0) is 18.9. The molecule has 1 amide bonds. The Labute approximate surface area is 151 Å². The van der Waals surface area contributed by atoms with Crippen LogP contribution in [0.2, 0.25) is 0 Å². The van der Waals surface area contributed by atoms with E-state index in [0.717, 1.165) is 5.56 Å². The van der Waals surface area contributed by atoms with Crippen LogP contribution in [0.3, 0.4) is 0 Å². The number of hydrogen-bond donors (Lipinski definition) is 2. The number of aliphatic carboxylic acids is 1. The molecule has 0 aliphatic rings. The molecule has 0 spiro atoms. The summed E-state index contributed by atoms with van der Waals surface area (Å²) in [6.07, 6.45) is 0.626. The lowest BCUT2D eigenvalue weighted by Gasteiger charge is -2.10. The van der Waals surface area contributed by atoms with E-state index in [1.54, 1.807) is 32.4 Å². The fourth-order valence-corrected chi connectivity index (χ4v) is 2.33. The van der Waals surface area contributed by atoms with Crippen molar-refractivity contribution < 1.29 is 28.9 Å². The van der Waals surface area contributed by atoms with Crippen molar-refractivity contribution in [1.29, 1.82) is 0 Å². The Bertz CT molecular complexity index is 774. The van der Waals surface area contributed by atoms with Crippen LogP contribution < -0.4 is 19.5 Å². The summed E-state index contributed by atoms with van der Waals surface area (Å²) >= 11 is 0. The van der Waals surface area contributed by atoms with E-state index in [4.69, 9.17) is 19.3 Å². The molecule has 7 heteroatoms. The smallest absolute Gasteiger partial charge is 0.341 e. The van der Waals surface area contributed by atoms with E-state index in [0.29, 0.717) is 35.8 Å². The number of carbonyl (C=O) groups excluding carboxylic acids is 1. The molecule has 0 aliphatic heterocycles. The standard InChI is InChI=1S/C19H21NO6/c1-24-16-7-6-13(10-17(16)25-2)8-9-20-19(23)14-4-3-5-15(11-14)26-12-18(21)22/h3-7,10-11H,8-9,12H2,1-2H3,(H,20,23)(H,21,22). The highest BCUT2D eigenvalue weighted by Gasteiger charge is 2.08. The van der Waals surface area contributed by atoms with Gasteiger partial charge in [-0.05, 0) is 42.3 Å². The van der Waals surface area contributed by atoms with Gasteiger partial charge < -0.3 is 24.6 Å². The first-order valence-electron chi connectivity index (χ1n) is 7.97. The third-order valence-electron chi connectivity index (χ3n) is 3.61. The molecule has 0 fully saturated rings. The number of carboxylic acids is 1. The van der Waals surface area contributed by atoms with Crippen molar-refractivity contribution in [3.63, 3.8) is 0 Å². The van der Waals surface area contributed by atoms with E-state index in [-0.39, 0.29) is 5.91 Å². The van der Waals surface area contributed by atoms with Gasteiger partial charge in [0, 0.05) is 12.1 Å². The van der Waals surface area contributed by atoms with Crippen molar-refractivity contribution in [3.8, 4) is 17.2 Å². The Morgan fingerprint density at radius 1 is 1.04 bits per heavy atom. The summed E-state index contributed by atoms with van der Waals surface area (Å²) in [5.41, 5.74) is 1.40. The first kappa shape index (κ1) is 19.1. The van der Waals surface area contributed by atoms with E-state index in [2.05, 4.69) is 5.32 Å². The van der Waals surface area contributed by atoms with Crippen molar-refractivity contribution in [1.82, 2.24) is 5.32 Å². The molecule has 2 rings (SSSR count). The molecule has 0 aromatic heterocycles. The molecule has 2 N–H and O–H groups in total. The zero-order valence-corrected chi connectivity index (χ0v) is 14.7. The first-order chi connectivity index (χ1) is 12.5. The van der Waals surface area contributed by atoms with Crippen LogP contribution in [0.1, 0.15) is 15.9 Å². The van der Waals surface area contributed by atoms with E-state index in [9.17, 15) is 9.59 Å². The monoisotopic (exact) mass is 359 g/mol. The van der Waals surface area contributed by atoms with Crippen molar-refractivity contribution in [2.75, 3.05) is 27.4 Å². The van der Waals surface area contributed by atoms with Gasteiger partial charge in [0.2, 0.25) is 0 Å². The summed E-state index contributed by atoms with van der Waals surface area (Å²) in [7, 11) is 3.15. The summed E-state index contributed by atoms with van der Waals surface area (Å²) in [5, 5.41) is 11.4. The highest BCUT2D eigenvalue weighted by atomic mass is 16.5. The molecule has 0 aliphatic carbocycles. The second-order valence-electron chi connectivity index (χ2n) is 5.41. The number of carboxylic acid groups (broad SMARTS) is 1. The topological polar surface area (TPSA) is 94.1 Å². The third kappa shape index (κ3) is 5.41. The molecule has 0 saturated carbocycles. The molecule has 0 unspecified atom stereocenters. The van der Waals surface area contributed by atoms with E-state index < -0.39 is 12.6 Å². The minimum absolute atomic E-state index is 0.258. The third-order valence-corrected chi connectivity index (χ3v) is 3.61. The van der Waals surface area contributed by atoms with Crippen LogP contribution in [0.25, 0.3) is 0 Å². The lowest BCUT2D eigenvalue weighted by atomic mass is 10.1. The van der Waals surface area contributed by atoms with Crippen LogP contribution in [-0.2, 0) is 11.2 Å². The predicted octanol–water partition coefficient (Wildman–Crippen LogP) is 2.14. The molecular formula is C19H21NO6. The zero-order valence-electron chi connectivity index (χ0n) is 14.7. The van der Waals surface area contributed by atoms with Gasteiger partial charge in [-0.3, -0.25) is 4.79 Å². The molecule has 2 aromatic rings. The molecule has 0 atom stereocenters. The lowest BCUT2D eigenvalue weighted by Crippen LogP contribution is -2.25. The van der Waals surface area contributed by atoms with Crippen LogP contribution in [0.5, 0.6) is 17.2 Å². The van der Waals surface area contributed by atoms with Gasteiger partial charge in [-0.1, -0.05) is 12.1 Å². The summed E-state index contributed by atoms with van der Waals surface area (Å²) in [4.78, 5) is 22.8. The van der Waals surface area contributed by atoms with Gasteiger partial charge in [0.1, 0.15) is 5.75 Å². The van der Waals surface area contributed by atoms with Gasteiger partial charge in [-0.25, -0.2) is 4.79 Å². The largest absolute Gasteiger partial charge is 0.493 e. The molecular weight excluding hydrogens is 338 g/mol. The van der Waals surface area contributed by atoms with Crippen LogP contribution in [0.4, 0.5) is 0 Å². The molecule has 138 valence electrons. The minimum atomic E-state index is -1.07. The van der Waals surface area contributed by atoms with E-state index in [1.165, 1.54) is 6.07 Å². The maximum absolute atomic E-state index is 12.2. The first-order valence-corrected chi connectivity index (χ1v) is 7.97. The van der Waals surface area contributed by atoms with Gasteiger partial charge in [0.25, 0.3) is 5.91 Å². The fourth-order valence-electron chi connectivity index (χ4n) is 2.33. The van der Waals surface area contributed by atoms with E-state index in [1.807, 2.05) is 18.2 Å². The molecule has 0 heterocycles.